The quantitative estimate of drug-likeness (QED) is 0.0160. The second-order valence-electron chi connectivity index (χ2n) is 18.5. The maximum Gasteiger partial charge on any atom is 0.316 e. The molecule has 14 nitrogen and oxygen atoms in total. The smallest absolute Gasteiger partial charge is 0.316 e. The first-order chi connectivity index (χ1) is 29.7. The van der Waals surface area contributed by atoms with Crippen LogP contribution in [0.25, 0.3) is 0 Å². The van der Waals surface area contributed by atoms with E-state index in [2.05, 4.69) is 46.5 Å². The molecule has 0 radical (unpaired) electrons. The Morgan fingerprint density at radius 3 is 2.34 bits per heavy atom. The molecule has 14 heteroatoms. The van der Waals surface area contributed by atoms with E-state index < -0.39 is 17.4 Å². The molecule has 61 heavy (non-hydrogen) atoms. The van der Waals surface area contributed by atoms with Crippen LogP contribution in [-0.4, -0.2) is 109 Å². The van der Waals surface area contributed by atoms with Gasteiger partial charge in [0.15, 0.2) is 17.6 Å². The van der Waals surface area contributed by atoms with Crippen molar-refractivity contribution in [1.29, 1.82) is 0 Å². The topological polar surface area (TPSA) is 186 Å². The van der Waals surface area contributed by atoms with E-state index in [0.29, 0.717) is 51.7 Å². The van der Waals surface area contributed by atoms with Crippen LogP contribution in [0, 0.1) is 5.92 Å². The van der Waals surface area contributed by atoms with E-state index in [4.69, 9.17) is 30.7 Å². The van der Waals surface area contributed by atoms with Gasteiger partial charge in [0, 0.05) is 45.1 Å². The van der Waals surface area contributed by atoms with E-state index in [1.54, 1.807) is 0 Å². The summed E-state index contributed by atoms with van der Waals surface area (Å²) in [6.07, 6.45) is 31.8. The lowest BCUT2D eigenvalue weighted by Crippen LogP contribution is -2.71. The van der Waals surface area contributed by atoms with Crippen molar-refractivity contribution in [2.75, 3.05) is 32.8 Å². The average molecular weight is 855 g/mol. The summed E-state index contributed by atoms with van der Waals surface area (Å²) in [6, 6.07) is 0.320. The molecule has 6 N–H and O–H groups in total. The van der Waals surface area contributed by atoms with Gasteiger partial charge >= 0.3 is 5.97 Å². The molecule has 2 spiro atoms. The fourth-order valence-electron chi connectivity index (χ4n) is 10.4. The van der Waals surface area contributed by atoms with Gasteiger partial charge in [0.25, 0.3) is 0 Å². The molecule has 2 amide bonds. The van der Waals surface area contributed by atoms with Gasteiger partial charge in [-0.15, -0.1) is 0 Å². The van der Waals surface area contributed by atoms with Crippen LogP contribution in [0.2, 0.25) is 0 Å². The molecule has 0 aromatic heterocycles. The minimum absolute atomic E-state index is 0.0263. The van der Waals surface area contributed by atoms with Crippen LogP contribution >= 0.6 is 0 Å². The van der Waals surface area contributed by atoms with E-state index in [0.717, 1.165) is 109 Å². The molecular weight excluding hydrogens is 773 g/mol. The molecule has 0 unspecified atom stereocenters. The number of carbonyl (C=O) groups excluding carboxylic acids is 3. The minimum Gasteiger partial charge on any atom is -0.465 e. The Labute approximate surface area is 367 Å². The van der Waals surface area contributed by atoms with Crippen molar-refractivity contribution in [2.24, 2.45) is 27.4 Å². The van der Waals surface area contributed by atoms with Crippen molar-refractivity contribution < 1.29 is 28.6 Å². The van der Waals surface area contributed by atoms with Crippen LogP contribution in [0.5, 0.6) is 0 Å². The molecule has 7 atom stereocenters. The van der Waals surface area contributed by atoms with Gasteiger partial charge in [0.05, 0.1) is 24.9 Å². The van der Waals surface area contributed by atoms with Gasteiger partial charge in [-0.2, -0.15) is 0 Å². The monoisotopic (exact) mass is 855 g/mol. The number of hydrogen-bond acceptors (Lipinski definition) is 10. The third-order valence-corrected chi connectivity index (χ3v) is 13.6. The van der Waals surface area contributed by atoms with Crippen molar-refractivity contribution >= 4 is 30.2 Å². The lowest BCUT2D eigenvalue weighted by molar-refractivity contribution is -0.194. The highest BCUT2D eigenvalue weighted by molar-refractivity contribution is 5.87. The van der Waals surface area contributed by atoms with Gasteiger partial charge in [-0.25, -0.2) is 4.99 Å². The Morgan fingerprint density at radius 1 is 0.951 bits per heavy atom. The number of allylic oxidation sites excluding steroid dienone is 1. The molecule has 5 aliphatic heterocycles. The summed E-state index contributed by atoms with van der Waals surface area (Å²) >= 11 is 0. The molecule has 346 valence electrons. The van der Waals surface area contributed by atoms with Crippen LogP contribution in [-0.2, 0) is 28.6 Å². The fourth-order valence-corrected chi connectivity index (χ4v) is 10.4. The van der Waals surface area contributed by atoms with Crippen molar-refractivity contribution in [3.63, 3.8) is 0 Å². The Kier molecular flexibility index (Phi) is 20.5. The molecule has 5 rings (SSSR count). The molecule has 0 bridgehead atoms. The summed E-state index contributed by atoms with van der Waals surface area (Å²) in [4.78, 5) is 51.3. The summed E-state index contributed by atoms with van der Waals surface area (Å²) < 4.78 is 19.6. The first-order valence-electron chi connectivity index (χ1n) is 24.5. The SMILES string of the molecule is CC[C@@H]1C=CCC[C@]2(C[C@H]3CC[C@H]4[C@@H](C(=O)OCCCCCCCCCCCCCCCC(=O)N(CCCCN=C(N)N)CCCNC=O)[C@@]5(CCC[C@H](C)O5)N=C(N2)N34)O1. The number of carbonyl (C=O) groups is 3. The zero-order valence-electron chi connectivity index (χ0n) is 37.9. The Morgan fingerprint density at radius 2 is 1.66 bits per heavy atom. The van der Waals surface area contributed by atoms with Crippen molar-refractivity contribution in [3.8, 4) is 0 Å². The Balaban J connectivity index is 0.921. The number of guanidine groups is 2. The maximum atomic E-state index is 14.1. The van der Waals surface area contributed by atoms with Gasteiger partial charge in [-0.1, -0.05) is 89.7 Å². The number of unbranched alkanes of at least 4 members (excludes halogenated alkanes) is 13. The third kappa shape index (κ3) is 14.9. The van der Waals surface area contributed by atoms with Crippen molar-refractivity contribution in [3.05, 3.63) is 12.2 Å². The molecule has 5 aliphatic rings. The highest BCUT2D eigenvalue weighted by Crippen LogP contribution is 2.50. The summed E-state index contributed by atoms with van der Waals surface area (Å²) in [6.45, 7) is 7.24. The second kappa shape index (κ2) is 25.7. The molecule has 0 saturated carbocycles. The molecule has 0 aromatic carbocycles. The Bertz CT molecular complexity index is 1440. The summed E-state index contributed by atoms with van der Waals surface area (Å²) in [5, 5.41) is 6.48. The van der Waals surface area contributed by atoms with E-state index in [9.17, 15) is 14.4 Å². The van der Waals surface area contributed by atoms with Crippen LogP contribution in [0.4, 0.5) is 0 Å². The Hall–Kier alpha value is -3.39. The van der Waals surface area contributed by atoms with Crippen LogP contribution in [0.3, 0.4) is 0 Å². The average Bonchev–Trinajstić information content (AvgIpc) is 3.54. The number of ether oxygens (including phenoxy) is 3. The van der Waals surface area contributed by atoms with Crippen LogP contribution in [0.15, 0.2) is 22.1 Å². The van der Waals surface area contributed by atoms with Gasteiger partial charge in [0.2, 0.25) is 12.3 Å². The summed E-state index contributed by atoms with van der Waals surface area (Å²) in [5.41, 5.74) is 9.48. The summed E-state index contributed by atoms with van der Waals surface area (Å²) in [5.74, 6) is 0.605. The molecule has 5 heterocycles. The highest BCUT2D eigenvalue weighted by Gasteiger charge is 2.62. The van der Waals surface area contributed by atoms with E-state index in [1.807, 2.05) is 4.90 Å². The molecule has 0 aliphatic carbocycles. The number of aliphatic imine (C=N–C) groups is 2. The highest BCUT2D eigenvalue weighted by atomic mass is 16.6. The first kappa shape index (κ1) is 48.6. The van der Waals surface area contributed by atoms with Crippen molar-refractivity contribution in [2.45, 2.75) is 217 Å². The number of rotatable bonds is 28. The van der Waals surface area contributed by atoms with Gasteiger partial charge in [-0.3, -0.25) is 19.4 Å². The number of nitrogens with two attached hydrogens (primary N) is 2. The van der Waals surface area contributed by atoms with Gasteiger partial charge in [0.1, 0.15) is 11.6 Å². The zero-order chi connectivity index (χ0) is 43.3. The zero-order valence-corrected chi connectivity index (χ0v) is 37.9. The molecule has 3 saturated heterocycles. The van der Waals surface area contributed by atoms with E-state index in [1.165, 1.54) is 57.8 Å². The van der Waals surface area contributed by atoms with Gasteiger partial charge in [-0.05, 0) is 90.4 Å². The number of esters is 1. The van der Waals surface area contributed by atoms with E-state index in [-0.39, 0.29) is 36.1 Å². The molecule has 0 aromatic rings. The van der Waals surface area contributed by atoms with E-state index >= 15 is 0 Å². The number of nitrogens with zero attached hydrogens (tertiary/aromatic N) is 4. The normalized spacial score (nSPS) is 27.8. The lowest BCUT2D eigenvalue weighted by atomic mass is 9.80. The largest absolute Gasteiger partial charge is 0.465 e. The van der Waals surface area contributed by atoms with Crippen LogP contribution in [0.1, 0.15) is 181 Å². The predicted molar refractivity (Wildman–Crippen MR) is 241 cm³/mol. The predicted octanol–water partition coefficient (Wildman–Crippen LogP) is 6.95. The maximum absolute atomic E-state index is 14.1. The lowest BCUT2D eigenvalue weighted by Gasteiger charge is -2.55. The number of amides is 2. The fraction of sp³-hybridized carbons (Fsp3) is 0.851. The van der Waals surface area contributed by atoms with Gasteiger partial charge < -0.3 is 46.1 Å². The second-order valence-corrected chi connectivity index (χ2v) is 18.5. The number of hydrogen-bond donors (Lipinski definition) is 4. The third-order valence-electron chi connectivity index (χ3n) is 13.6. The standard InChI is InChI=1S/C47H82N8O6/c1-3-39-24-16-17-28-46(61-39)35-38-26-27-40-42(47(29-21-23-37(2)60-47)53-45(52-46)55(38)40)43(58)59-34-20-14-12-10-8-6-4-5-7-9-11-13-15-25-41(57)54(33-22-30-50-36-56)32-19-18-31-51-44(48)49/h16,24,36-40,42H,3-15,17-23,25-35H2,1-2H3,(H,50,56)(H,52,53)(H4,48,49,51)/t37-,38+,39+,40-,42-,46+,47-/m0/s1. The molecular formula is C47H82N8O6. The van der Waals surface area contributed by atoms with Crippen LogP contribution < -0.4 is 22.1 Å². The first-order valence-corrected chi connectivity index (χ1v) is 24.5. The minimum atomic E-state index is -0.891. The van der Waals surface area contributed by atoms with Crippen molar-refractivity contribution in [1.82, 2.24) is 20.4 Å². The number of nitrogens with one attached hydrogen (secondary N) is 2. The summed E-state index contributed by atoms with van der Waals surface area (Å²) in [7, 11) is 0. The molecule has 3 fully saturated rings.